The number of amides is 3. The van der Waals surface area contributed by atoms with E-state index in [1.165, 1.54) is 18.7 Å². The van der Waals surface area contributed by atoms with E-state index in [1.54, 1.807) is 17.0 Å². The first kappa shape index (κ1) is 23.5. The van der Waals surface area contributed by atoms with Crippen molar-refractivity contribution in [1.29, 1.82) is 0 Å². The Bertz CT molecular complexity index is 884. The van der Waals surface area contributed by atoms with Crippen molar-refractivity contribution in [2.45, 2.75) is 44.3 Å². The van der Waals surface area contributed by atoms with Crippen LogP contribution in [0.3, 0.4) is 0 Å². The van der Waals surface area contributed by atoms with Crippen LogP contribution in [-0.4, -0.2) is 41.0 Å². The molecule has 2 rings (SSSR count). The molecule has 2 N–H and O–H groups in total. The van der Waals surface area contributed by atoms with Crippen LogP contribution >= 0.6 is 11.8 Å². The zero-order valence-electron chi connectivity index (χ0n) is 17.9. The molecule has 1 unspecified atom stereocenters. The molecule has 0 spiro atoms. The zero-order valence-corrected chi connectivity index (χ0v) is 18.7. The third-order valence-corrected chi connectivity index (χ3v) is 5.49. The van der Waals surface area contributed by atoms with Gasteiger partial charge in [0.25, 0.3) is 0 Å². The van der Waals surface area contributed by atoms with Crippen LogP contribution in [0.1, 0.15) is 32.8 Å². The molecule has 2 aromatic carbocycles. The van der Waals surface area contributed by atoms with Crippen LogP contribution in [0.4, 0.5) is 11.4 Å². The van der Waals surface area contributed by atoms with Gasteiger partial charge >= 0.3 is 0 Å². The molecule has 160 valence electrons. The Kier molecular flexibility index (Phi) is 8.92. The summed E-state index contributed by atoms with van der Waals surface area (Å²) in [5, 5.41) is 5.27. The Labute approximate surface area is 182 Å². The van der Waals surface area contributed by atoms with E-state index in [0.717, 1.165) is 22.6 Å². The van der Waals surface area contributed by atoms with Crippen LogP contribution < -0.4 is 10.6 Å². The maximum absolute atomic E-state index is 13.0. The largest absolute Gasteiger partial charge is 0.332 e. The van der Waals surface area contributed by atoms with Gasteiger partial charge in [-0.2, -0.15) is 0 Å². The van der Waals surface area contributed by atoms with Gasteiger partial charge in [0.15, 0.2) is 0 Å². The number of nitrogens with one attached hydrogen (secondary N) is 2. The van der Waals surface area contributed by atoms with Gasteiger partial charge in [0.2, 0.25) is 17.7 Å². The van der Waals surface area contributed by atoms with Gasteiger partial charge in [-0.3, -0.25) is 14.4 Å². The summed E-state index contributed by atoms with van der Waals surface area (Å²) in [6.45, 7) is 7.76. The lowest BCUT2D eigenvalue weighted by Gasteiger charge is -2.25. The molecular formula is C23H29N3O3S. The molecule has 1 atom stereocenters. The van der Waals surface area contributed by atoms with E-state index < -0.39 is 0 Å². The first-order valence-corrected chi connectivity index (χ1v) is 10.9. The first-order valence-electron chi connectivity index (χ1n) is 9.98. The number of rotatable bonds is 9. The molecule has 0 aliphatic rings. The van der Waals surface area contributed by atoms with Gasteiger partial charge < -0.3 is 15.5 Å². The summed E-state index contributed by atoms with van der Waals surface area (Å²) in [4.78, 5) is 39.1. The van der Waals surface area contributed by atoms with Crippen molar-refractivity contribution in [3.8, 4) is 0 Å². The molecule has 0 aliphatic carbocycles. The molecule has 2 aromatic rings. The molecule has 0 heterocycles. The van der Waals surface area contributed by atoms with Crippen molar-refractivity contribution < 1.29 is 14.4 Å². The maximum Gasteiger partial charge on any atom is 0.244 e. The van der Waals surface area contributed by atoms with Crippen LogP contribution in [0.2, 0.25) is 0 Å². The fourth-order valence-corrected chi connectivity index (χ4v) is 3.90. The first-order chi connectivity index (χ1) is 14.3. The third kappa shape index (κ3) is 7.22. The summed E-state index contributed by atoms with van der Waals surface area (Å²) >= 11 is 1.43. The number of nitrogens with zero attached hydrogens (tertiary/aromatic N) is 1. The van der Waals surface area contributed by atoms with Gasteiger partial charge in [-0.05, 0) is 56.2 Å². The zero-order chi connectivity index (χ0) is 22.1. The highest BCUT2D eigenvalue weighted by molar-refractivity contribution is 8.00. The topological polar surface area (TPSA) is 78.5 Å². The lowest BCUT2D eigenvalue weighted by atomic mass is 10.2. The molecule has 0 saturated carbocycles. The fraction of sp³-hybridized carbons (Fsp3) is 0.348. The summed E-state index contributed by atoms with van der Waals surface area (Å²) in [7, 11) is 0. The fourth-order valence-electron chi connectivity index (χ4n) is 2.95. The molecule has 0 saturated heterocycles. The molecule has 6 nitrogen and oxygen atoms in total. The Morgan fingerprint density at radius 2 is 1.70 bits per heavy atom. The van der Waals surface area contributed by atoms with Gasteiger partial charge in [0, 0.05) is 29.7 Å². The molecule has 0 radical (unpaired) electrons. The number of aryl methyl sites for hydroxylation is 1. The average molecular weight is 428 g/mol. The highest BCUT2D eigenvalue weighted by Gasteiger charge is 2.23. The van der Waals surface area contributed by atoms with Crippen molar-refractivity contribution in [1.82, 2.24) is 4.90 Å². The van der Waals surface area contributed by atoms with Gasteiger partial charge in [0.05, 0.1) is 11.8 Å². The second-order valence-electron chi connectivity index (χ2n) is 7.09. The van der Waals surface area contributed by atoms with Crippen LogP contribution in [0.15, 0.2) is 53.4 Å². The maximum atomic E-state index is 13.0. The minimum absolute atomic E-state index is 0.0212. The lowest BCUT2D eigenvalue weighted by molar-refractivity contribution is -0.134. The van der Waals surface area contributed by atoms with Crippen molar-refractivity contribution in [2.24, 2.45) is 0 Å². The van der Waals surface area contributed by atoms with E-state index in [1.807, 2.05) is 57.2 Å². The number of para-hydroxylation sites is 1. The summed E-state index contributed by atoms with van der Waals surface area (Å²) in [5.74, 6) is -0.409. The van der Waals surface area contributed by atoms with Gasteiger partial charge in [-0.1, -0.05) is 25.1 Å². The van der Waals surface area contributed by atoms with E-state index in [0.29, 0.717) is 12.2 Å². The van der Waals surface area contributed by atoms with Crippen molar-refractivity contribution in [2.75, 3.05) is 23.7 Å². The van der Waals surface area contributed by atoms with E-state index >= 15 is 0 Å². The Hall–Kier alpha value is -2.80. The van der Waals surface area contributed by atoms with Crippen LogP contribution in [0.25, 0.3) is 0 Å². The minimum atomic E-state index is -0.338. The molecule has 7 heteroatoms. The smallest absolute Gasteiger partial charge is 0.244 e. The number of thioether (sulfide) groups is 1. The summed E-state index contributed by atoms with van der Waals surface area (Å²) < 4.78 is 0. The number of carbonyl (C=O) groups is 3. The van der Waals surface area contributed by atoms with Crippen LogP contribution in [0, 0.1) is 6.92 Å². The average Bonchev–Trinajstić information content (AvgIpc) is 2.70. The number of carbonyl (C=O) groups excluding carboxylic acids is 3. The number of hydrogen-bond donors (Lipinski definition) is 2. The molecule has 0 aliphatic heterocycles. The molecule has 3 amide bonds. The van der Waals surface area contributed by atoms with Gasteiger partial charge in [-0.15, -0.1) is 11.8 Å². The SMILES string of the molecule is CCCN(CC(=O)Nc1ccccc1C)C(=O)C(C)Sc1ccc(NC(C)=O)cc1. The second-order valence-corrected chi connectivity index (χ2v) is 8.50. The van der Waals surface area contributed by atoms with E-state index in [-0.39, 0.29) is 29.5 Å². The lowest BCUT2D eigenvalue weighted by Crippen LogP contribution is -2.42. The number of benzene rings is 2. The summed E-state index contributed by atoms with van der Waals surface area (Å²) in [6.07, 6.45) is 0.770. The van der Waals surface area contributed by atoms with Crippen molar-refractivity contribution in [3.05, 3.63) is 54.1 Å². The Balaban J connectivity index is 1.98. The number of anilines is 2. The van der Waals surface area contributed by atoms with Crippen LogP contribution in [-0.2, 0) is 14.4 Å². The molecule has 0 aromatic heterocycles. The van der Waals surface area contributed by atoms with Crippen LogP contribution in [0.5, 0.6) is 0 Å². The van der Waals surface area contributed by atoms with E-state index in [2.05, 4.69) is 10.6 Å². The third-order valence-electron chi connectivity index (χ3n) is 4.39. The van der Waals surface area contributed by atoms with E-state index in [9.17, 15) is 14.4 Å². The van der Waals surface area contributed by atoms with E-state index in [4.69, 9.17) is 0 Å². The van der Waals surface area contributed by atoms with Crippen molar-refractivity contribution >= 4 is 40.9 Å². The molecule has 0 fully saturated rings. The monoisotopic (exact) mass is 427 g/mol. The molecule has 30 heavy (non-hydrogen) atoms. The van der Waals surface area contributed by atoms with Crippen molar-refractivity contribution in [3.63, 3.8) is 0 Å². The quantitative estimate of drug-likeness (QED) is 0.585. The molecular weight excluding hydrogens is 398 g/mol. The summed E-state index contributed by atoms with van der Waals surface area (Å²) in [5.41, 5.74) is 2.45. The standard InChI is InChI=1S/C23H29N3O3S/c1-5-14-26(15-22(28)25-21-9-7-6-8-16(21)2)23(29)17(3)30-20-12-10-19(11-13-20)24-18(4)27/h6-13,17H,5,14-15H2,1-4H3,(H,24,27)(H,25,28). The second kappa shape index (κ2) is 11.4. The highest BCUT2D eigenvalue weighted by Crippen LogP contribution is 2.26. The van der Waals surface area contributed by atoms with Gasteiger partial charge in [-0.25, -0.2) is 0 Å². The predicted octanol–water partition coefficient (Wildman–Crippen LogP) is 4.31. The number of hydrogen-bond acceptors (Lipinski definition) is 4. The highest BCUT2D eigenvalue weighted by atomic mass is 32.2. The predicted molar refractivity (Wildman–Crippen MR) is 123 cm³/mol. The minimum Gasteiger partial charge on any atom is -0.332 e. The normalized spacial score (nSPS) is 11.5. The molecule has 0 bridgehead atoms. The Morgan fingerprint density at radius 1 is 1.03 bits per heavy atom. The Morgan fingerprint density at radius 3 is 2.30 bits per heavy atom. The summed E-state index contributed by atoms with van der Waals surface area (Å²) in [6, 6.07) is 14.9. The van der Waals surface area contributed by atoms with Gasteiger partial charge in [0.1, 0.15) is 0 Å².